The molecule has 212 valence electrons. The van der Waals surface area contributed by atoms with Crippen molar-refractivity contribution in [2.75, 3.05) is 0 Å². The Morgan fingerprint density at radius 2 is 0.889 bits per heavy atom. The zero-order chi connectivity index (χ0) is 30.2. The Kier molecular flexibility index (Phi) is 6.61. The second-order valence-electron chi connectivity index (χ2n) is 11.0. The first-order valence-electron chi connectivity index (χ1n) is 14.9. The Balaban J connectivity index is 1.38. The summed E-state index contributed by atoms with van der Waals surface area (Å²) >= 11 is 0. The van der Waals surface area contributed by atoms with E-state index in [9.17, 15) is 0 Å². The van der Waals surface area contributed by atoms with Gasteiger partial charge < -0.3 is 0 Å². The lowest BCUT2D eigenvalue weighted by molar-refractivity contribution is 1.08. The molecule has 0 saturated heterocycles. The summed E-state index contributed by atoms with van der Waals surface area (Å²) in [5.41, 5.74) is 9.50. The predicted octanol–water partition coefficient (Wildman–Crippen LogP) is 9.61. The van der Waals surface area contributed by atoms with Crippen molar-refractivity contribution in [2.45, 2.75) is 6.92 Å². The molecule has 5 aromatic carbocycles. The minimum atomic E-state index is 0.586. The van der Waals surface area contributed by atoms with Gasteiger partial charge in [0.25, 0.3) is 0 Å². The molecule has 45 heavy (non-hydrogen) atoms. The normalized spacial score (nSPS) is 11.2. The van der Waals surface area contributed by atoms with Crippen molar-refractivity contribution >= 4 is 21.8 Å². The molecule has 0 N–H and O–H groups in total. The molecule has 8 rings (SSSR count). The van der Waals surface area contributed by atoms with E-state index in [4.69, 9.17) is 24.9 Å². The lowest BCUT2D eigenvalue weighted by Crippen LogP contribution is -2.02. The van der Waals surface area contributed by atoms with Crippen molar-refractivity contribution in [3.05, 3.63) is 151 Å². The van der Waals surface area contributed by atoms with E-state index in [0.717, 1.165) is 66.6 Å². The maximum absolute atomic E-state index is 5.17. The van der Waals surface area contributed by atoms with Crippen molar-refractivity contribution in [3.8, 4) is 56.5 Å². The summed E-state index contributed by atoms with van der Waals surface area (Å²) in [6.45, 7) is 2.01. The van der Waals surface area contributed by atoms with Crippen LogP contribution in [-0.4, -0.2) is 24.9 Å². The maximum atomic E-state index is 5.17. The van der Waals surface area contributed by atoms with Crippen LogP contribution in [0, 0.1) is 6.92 Å². The van der Waals surface area contributed by atoms with Gasteiger partial charge in [-0.25, -0.2) is 19.9 Å². The molecule has 0 fully saturated rings. The monoisotopic (exact) mass is 577 g/mol. The van der Waals surface area contributed by atoms with Gasteiger partial charge in [0.05, 0.1) is 16.7 Å². The van der Waals surface area contributed by atoms with Gasteiger partial charge >= 0.3 is 0 Å². The zero-order valence-corrected chi connectivity index (χ0v) is 24.6. The van der Waals surface area contributed by atoms with E-state index in [0.29, 0.717) is 17.5 Å². The largest absolute Gasteiger partial charge is 0.251 e. The standard InChI is InChI=1S/C40H27N5/c1-26-17-18-30-23-24-33-34(25-35(29-13-7-3-8-14-29)42-37(33)36(30)41-26)40-44-38(31-15-9-4-10-16-31)43-39(45-40)32-21-19-28(20-22-32)27-11-5-2-6-12-27/h2-25H,1H3. The molecule has 3 aromatic heterocycles. The quantitative estimate of drug-likeness (QED) is 0.191. The second-order valence-corrected chi connectivity index (χ2v) is 11.0. The van der Waals surface area contributed by atoms with Crippen molar-refractivity contribution < 1.29 is 0 Å². The van der Waals surface area contributed by atoms with Gasteiger partial charge in [0.2, 0.25) is 0 Å². The molecule has 0 amide bonds. The first-order chi connectivity index (χ1) is 22.2. The van der Waals surface area contributed by atoms with E-state index in [1.54, 1.807) is 0 Å². The zero-order valence-electron chi connectivity index (χ0n) is 24.6. The van der Waals surface area contributed by atoms with Crippen LogP contribution < -0.4 is 0 Å². The Hall–Kier alpha value is -6.07. The van der Waals surface area contributed by atoms with Crippen LogP contribution in [0.1, 0.15) is 5.69 Å². The molecule has 0 aliphatic heterocycles. The SMILES string of the molecule is Cc1ccc2ccc3c(-c4nc(-c5ccccc5)nc(-c5ccc(-c6ccccc6)cc5)n4)cc(-c4ccccc4)nc3c2n1. The summed E-state index contributed by atoms with van der Waals surface area (Å²) < 4.78 is 0. The van der Waals surface area contributed by atoms with Gasteiger partial charge in [-0.1, -0.05) is 133 Å². The third kappa shape index (κ3) is 5.11. The van der Waals surface area contributed by atoms with Crippen molar-refractivity contribution in [3.63, 3.8) is 0 Å². The molecular formula is C40H27N5. The van der Waals surface area contributed by atoms with Gasteiger partial charge in [0, 0.05) is 38.7 Å². The molecule has 0 aliphatic rings. The fourth-order valence-corrected chi connectivity index (χ4v) is 5.69. The number of fused-ring (bicyclic) bond motifs is 3. The molecule has 0 unspecified atom stereocenters. The molecule has 0 bridgehead atoms. The highest BCUT2D eigenvalue weighted by atomic mass is 15.0. The molecule has 0 radical (unpaired) electrons. The van der Waals surface area contributed by atoms with Gasteiger partial charge in [-0.05, 0) is 30.2 Å². The van der Waals surface area contributed by atoms with Crippen molar-refractivity contribution in [1.82, 2.24) is 24.9 Å². The fourth-order valence-electron chi connectivity index (χ4n) is 5.69. The Bertz CT molecular complexity index is 2300. The molecule has 3 heterocycles. The smallest absolute Gasteiger partial charge is 0.164 e. The summed E-state index contributed by atoms with van der Waals surface area (Å²) in [5.74, 6) is 1.81. The highest BCUT2D eigenvalue weighted by Gasteiger charge is 2.18. The number of nitrogens with zero attached hydrogens (tertiary/aromatic N) is 5. The summed E-state index contributed by atoms with van der Waals surface area (Å²) in [4.78, 5) is 25.3. The number of pyridine rings is 2. The summed E-state index contributed by atoms with van der Waals surface area (Å²) in [7, 11) is 0. The molecule has 0 spiro atoms. The third-order valence-corrected chi connectivity index (χ3v) is 8.01. The molecule has 0 atom stereocenters. The predicted molar refractivity (Wildman–Crippen MR) is 182 cm³/mol. The van der Waals surface area contributed by atoms with Crippen LogP contribution in [0.5, 0.6) is 0 Å². The minimum absolute atomic E-state index is 0.586. The average Bonchev–Trinajstić information content (AvgIpc) is 3.12. The molecule has 8 aromatic rings. The topological polar surface area (TPSA) is 64.5 Å². The van der Waals surface area contributed by atoms with E-state index in [-0.39, 0.29) is 0 Å². The lowest BCUT2D eigenvalue weighted by Gasteiger charge is -2.13. The van der Waals surface area contributed by atoms with E-state index in [1.165, 1.54) is 0 Å². The summed E-state index contributed by atoms with van der Waals surface area (Å²) in [6, 6.07) is 49.5. The van der Waals surface area contributed by atoms with Crippen molar-refractivity contribution in [1.29, 1.82) is 0 Å². The number of benzene rings is 5. The maximum Gasteiger partial charge on any atom is 0.164 e. The number of hydrogen-bond acceptors (Lipinski definition) is 5. The van der Waals surface area contributed by atoms with Crippen LogP contribution >= 0.6 is 0 Å². The van der Waals surface area contributed by atoms with Gasteiger partial charge in [-0.2, -0.15) is 0 Å². The summed E-state index contributed by atoms with van der Waals surface area (Å²) in [6.07, 6.45) is 0. The number of rotatable bonds is 5. The number of aromatic nitrogens is 5. The Morgan fingerprint density at radius 1 is 0.378 bits per heavy atom. The van der Waals surface area contributed by atoms with Crippen LogP contribution in [0.4, 0.5) is 0 Å². The minimum Gasteiger partial charge on any atom is -0.251 e. The van der Waals surface area contributed by atoms with Gasteiger partial charge in [0.1, 0.15) is 0 Å². The molecule has 0 saturated carbocycles. The van der Waals surface area contributed by atoms with Gasteiger partial charge in [-0.15, -0.1) is 0 Å². The highest BCUT2D eigenvalue weighted by molar-refractivity contribution is 6.08. The van der Waals surface area contributed by atoms with E-state index < -0.39 is 0 Å². The van der Waals surface area contributed by atoms with Gasteiger partial charge in [-0.3, -0.25) is 4.98 Å². The lowest BCUT2D eigenvalue weighted by atomic mass is 10.0. The second kappa shape index (κ2) is 11.2. The Labute approximate surface area is 261 Å². The molecule has 5 heteroatoms. The van der Waals surface area contributed by atoms with Crippen LogP contribution in [0.25, 0.3) is 78.4 Å². The highest BCUT2D eigenvalue weighted by Crippen LogP contribution is 2.35. The average molecular weight is 578 g/mol. The molecule has 5 nitrogen and oxygen atoms in total. The fraction of sp³-hybridized carbons (Fsp3) is 0.0250. The van der Waals surface area contributed by atoms with Gasteiger partial charge in [0.15, 0.2) is 17.5 Å². The van der Waals surface area contributed by atoms with Crippen LogP contribution in [-0.2, 0) is 0 Å². The first kappa shape index (κ1) is 26.5. The number of aryl methyl sites for hydroxylation is 1. The Morgan fingerprint density at radius 3 is 1.56 bits per heavy atom. The van der Waals surface area contributed by atoms with E-state index >= 15 is 0 Å². The molecular weight excluding hydrogens is 550 g/mol. The van der Waals surface area contributed by atoms with Crippen molar-refractivity contribution in [2.24, 2.45) is 0 Å². The van der Waals surface area contributed by atoms with E-state index in [1.807, 2.05) is 67.6 Å². The molecule has 0 aliphatic carbocycles. The van der Waals surface area contributed by atoms with Crippen LogP contribution in [0.15, 0.2) is 146 Å². The van der Waals surface area contributed by atoms with Crippen LogP contribution in [0.3, 0.4) is 0 Å². The number of hydrogen-bond donors (Lipinski definition) is 0. The summed E-state index contributed by atoms with van der Waals surface area (Å²) in [5, 5.41) is 1.98. The first-order valence-corrected chi connectivity index (χ1v) is 14.9. The third-order valence-electron chi connectivity index (χ3n) is 8.01. The van der Waals surface area contributed by atoms with E-state index in [2.05, 4.69) is 84.9 Å². The van der Waals surface area contributed by atoms with Crippen LogP contribution in [0.2, 0.25) is 0 Å².